The van der Waals surface area contributed by atoms with Crippen LogP contribution in [0, 0.1) is 5.41 Å². The van der Waals surface area contributed by atoms with E-state index in [1.807, 2.05) is 31.7 Å². The molecule has 0 unspecified atom stereocenters. The Labute approximate surface area is 119 Å². The predicted molar refractivity (Wildman–Crippen MR) is 76.8 cm³/mol. The Morgan fingerprint density at radius 1 is 1.15 bits per heavy atom. The van der Waals surface area contributed by atoms with Gasteiger partial charge in [0.25, 0.3) is 0 Å². The number of carbonyl (C=O) groups excluding carboxylic acids is 1. The van der Waals surface area contributed by atoms with Crippen LogP contribution >= 0.6 is 0 Å². The number of methoxy groups -OCH3 is 1. The van der Waals surface area contributed by atoms with Gasteiger partial charge >= 0.3 is 0 Å². The largest absolute Gasteiger partial charge is 0.480 e. The first-order valence-corrected chi connectivity index (χ1v) is 6.84. The fraction of sp³-hybridized carbons (Fsp3) is 0.643. The number of piperazine rings is 1. The summed E-state index contributed by atoms with van der Waals surface area (Å²) < 4.78 is 5.00. The van der Waals surface area contributed by atoms with E-state index in [9.17, 15) is 4.79 Å². The Hall–Kier alpha value is -1.85. The standard InChI is InChI=1S/C14H22N4O2/c1-14(2,3)13(19)18-9-7-17(8-10-18)11-5-6-12(20-4)16-15-11/h5-6H,7-10H2,1-4H3. The van der Waals surface area contributed by atoms with Gasteiger partial charge < -0.3 is 14.5 Å². The van der Waals surface area contributed by atoms with Crippen molar-refractivity contribution in [3.05, 3.63) is 12.1 Å². The molecule has 0 aliphatic carbocycles. The smallest absolute Gasteiger partial charge is 0.233 e. The number of nitrogens with zero attached hydrogens (tertiary/aromatic N) is 4. The minimum Gasteiger partial charge on any atom is -0.480 e. The lowest BCUT2D eigenvalue weighted by Crippen LogP contribution is -2.51. The maximum Gasteiger partial charge on any atom is 0.233 e. The van der Waals surface area contributed by atoms with Crippen molar-refractivity contribution in [2.24, 2.45) is 5.41 Å². The molecule has 1 fully saturated rings. The van der Waals surface area contributed by atoms with Crippen LogP contribution in [0.3, 0.4) is 0 Å². The summed E-state index contributed by atoms with van der Waals surface area (Å²) in [5.41, 5.74) is -0.317. The molecule has 1 aliphatic rings. The van der Waals surface area contributed by atoms with Crippen LogP contribution in [0.5, 0.6) is 5.88 Å². The van der Waals surface area contributed by atoms with Crippen molar-refractivity contribution < 1.29 is 9.53 Å². The fourth-order valence-electron chi connectivity index (χ4n) is 2.20. The molecule has 1 saturated heterocycles. The second-order valence-corrected chi connectivity index (χ2v) is 5.96. The van der Waals surface area contributed by atoms with Crippen LogP contribution in [-0.4, -0.2) is 54.3 Å². The van der Waals surface area contributed by atoms with Gasteiger partial charge in [-0.05, 0) is 6.07 Å². The summed E-state index contributed by atoms with van der Waals surface area (Å²) in [6.45, 7) is 8.88. The summed E-state index contributed by atoms with van der Waals surface area (Å²) in [6, 6.07) is 3.70. The van der Waals surface area contributed by atoms with E-state index in [0.717, 1.165) is 32.0 Å². The third-order valence-electron chi connectivity index (χ3n) is 3.37. The number of rotatable bonds is 2. The van der Waals surface area contributed by atoms with Crippen LogP contribution in [0.1, 0.15) is 20.8 Å². The van der Waals surface area contributed by atoms with Gasteiger partial charge in [-0.1, -0.05) is 20.8 Å². The number of aromatic nitrogens is 2. The number of hydrogen-bond donors (Lipinski definition) is 0. The Balaban J connectivity index is 1.95. The maximum atomic E-state index is 12.2. The van der Waals surface area contributed by atoms with E-state index in [2.05, 4.69) is 15.1 Å². The minimum absolute atomic E-state index is 0.206. The quantitative estimate of drug-likeness (QED) is 0.813. The molecule has 1 aliphatic heterocycles. The molecule has 6 nitrogen and oxygen atoms in total. The van der Waals surface area contributed by atoms with Crippen LogP contribution in [0.25, 0.3) is 0 Å². The maximum absolute atomic E-state index is 12.2. The molecule has 1 aromatic heterocycles. The van der Waals surface area contributed by atoms with Crippen molar-refractivity contribution >= 4 is 11.7 Å². The highest BCUT2D eigenvalue weighted by atomic mass is 16.5. The highest BCUT2D eigenvalue weighted by Gasteiger charge is 2.29. The molecule has 1 aromatic rings. The zero-order valence-electron chi connectivity index (χ0n) is 12.6. The highest BCUT2D eigenvalue weighted by Crippen LogP contribution is 2.20. The van der Waals surface area contributed by atoms with E-state index in [0.29, 0.717) is 5.88 Å². The monoisotopic (exact) mass is 278 g/mol. The van der Waals surface area contributed by atoms with Crippen molar-refractivity contribution in [1.82, 2.24) is 15.1 Å². The van der Waals surface area contributed by atoms with Gasteiger partial charge in [-0.3, -0.25) is 4.79 Å². The van der Waals surface area contributed by atoms with Crippen LogP contribution in [-0.2, 0) is 4.79 Å². The van der Waals surface area contributed by atoms with E-state index >= 15 is 0 Å². The van der Waals surface area contributed by atoms with E-state index in [1.54, 1.807) is 13.2 Å². The lowest BCUT2D eigenvalue weighted by molar-refractivity contribution is -0.139. The average molecular weight is 278 g/mol. The van der Waals surface area contributed by atoms with Crippen LogP contribution in [0.15, 0.2) is 12.1 Å². The number of anilines is 1. The molecule has 110 valence electrons. The molecule has 0 saturated carbocycles. The second-order valence-electron chi connectivity index (χ2n) is 5.96. The van der Waals surface area contributed by atoms with Crippen molar-refractivity contribution in [3.63, 3.8) is 0 Å². The van der Waals surface area contributed by atoms with Gasteiger partial charge in [-0.15, -0.1) is 10.2 Å². The molecule has 0 N–H and O–H groups in total. The summed E-state index contributed by atoms with van der Waals surface area (Å²) >= 11 is 0. The molecule has 2 heterocycles. The first kappa shape index (κ1) is 14.6. The van der Waals surface area contributed by atoms with Crippen LogP contribution < -0.4 is 9.64 Å². The molecule has 0 bridgehead atoms. The number of carbonyl (C=O) groups is 1. The fourth-order valence-corrected chi connectivity index (χ4v) is 2.20. The highest BCUT2D eigenvalue weighted by molar-refractivity contribution is 5.81. The van der Waals surface area contributed by atoms with Gasteiger partial charge in [0, 0.05) is 37.7 Å². The number of hydrogen-bond acceptors (Lipinski definition) is 5. The number of amides is 1. The molecular weight excluding hydrogens is 256 g/mol. The Kier molecular flexibility index (Phi) is 4.11. The third-order valence-corrected chi connectivity index (χ3v) is 3.37. The normalized spacial score (nSPS) is 16.2. The summed E-state index contributed by atoms with van der Waals surface area (Å²) in [4.78, 5) is 16.3. The SMILES string of the molecule is COc1ccc(N2CCN(C(=O)C(C)(C)C)CC2)nn1. The number of ether oxygens (including phenoxy) is 1. The molecule has 0 atom stereocenters. The third kappa shape index (κ3) is 3.18. The molecule has 0 radical (unpaired) electrons. The van der Waals surface area contributed by atoms with E-state index in [-0.39, 0.29) is 11.3 Å². The van der Waals surface area contributed by atoms with Gasteiger partial charge in [0.1, 0.15) is 0 Å². The second kappa shape index (κ2) is 5.64. The topological polar surface area (TPSA) is 58.6 Å². The van der Waals surface area contributed by atoms with E-state index in [4.69, 9.17) is 4.74 Å². The van der Waals surface area contributed by atoms with Crippen molar-refractivity contribution in [2.75, 3.05) is 38.2 Å². The summed E-state index contributed by atoms with van der Waals surface area (Å²) in [5, 5.41) is 8.11. The molecule has 6 heteroatoms. The van der Waals surface area contributed by atoms with Gasteiger partial charge in [0.2, 0.25) is 11.8 Å². The van der Waals surface area contributed by atoms with Gasteiger partial charge in [-0.2, -0.15) is 0 Å². The van der Waals surface area contributed by atoms with Crippen LogP contribution in [0.4, 0.5) is 5.82 Å². The summed E-state index contributed by atoms with van der Waals surface area (Å²) in [7, 11) is 1.57. The summed E-state index contributed by atoms with van der Waals surface area (Å²) in [5.74, 6) is 1.54. The van der Waals surface area contributed by atoms with Gasteiger partial charge in [0.15, 0.2) is 5.82 Å². The Bertz CT molecular complexity index is 459. The van der Waals surface area contributed by atoms with Crippen molar-refractivity contribution in [2.45, 2.75) is 20.8 Å². The first-order valence-electron chi connectivity index (χ1n) is 6.84. The predicted octanol–water partition coefficient (Wildman–Crippen LogP) is 1.18. The lowest BCUT2D eigenvalue weighted by atomic mass is 9.94. The Morgan fingerprint density at radius 2 is 1.80 bits per heavy atom. The molecule has 20 heavy (non-hydrogen) atoms. The van der Waals surface area contributed by atoms with Crippen LogP contribution in [0.2, 0.25) is 0 Å². The molecular formula is C14H22N4O2. The zero-order chi connectivity index (χ0) is 14.8. The van der Waals surface area contributed by atoms with Gasteiger partial charge in [0.05, 0.1) is 7.11 Å². The Morgan fingerprint density at radius 3 is 2.25 bits per heavy atom. The van der Waals surface area contributed by atoms with Gasteiger partial charge in [-0.25, -0.2) is 0 Å². The first-order chi connectivity index (χ1) is 9.41. The van der Waals surface area contributed by atoms with Crippen molar-refractivity contribution in [3.8, 4) is 5.88 Å². The van der Waals surface area contributed by atoms with E-state index in [1.165, 1.54) is 0 Å². The van der Waals surface area contributed by atoms with Crippen molar-refractivity contribution in [1.29, 1.82) is 0 Å². The molecule has 1 amide bonds. The molecule has 0 aromatic carbocycles. The van der Waals surface area contributed by atoms with E-state index < -0.39 is 0 Å². The zero-order valence-corrected chi connectivity index (χ0v) is 12.6. The molecule has 2 rings (SSSR count). The molecule has 0 spiro atoms. The summed E-state index contributed by atoms with van der Waals surface area (Å²) in [6.07, 6.45) is 0. The average Bonchev–Trinajstić information content (AvgIpc) is 2.46. The lowest BCUT2D eigenvalue weighted by Gasteiger charge is -2.37. The minimum atomic E-state index is -0.317.